The van der Waals surface area contributed by atoms with Crippen molar-refractivity contribution in [3.05, 3.63) is 47.1 Å². The molecule has 0 spiro atoms. The second-order valence-electron chi connectivity index (χ2n) is 5.30. The summed E-state index contributed by atoms with van der Waals surface area (Å²) in [4.78, 5) is 17.7. The molecule has 1 fully saturated rings. The van der Waals surface area contributed by atoms with Crippen molar-refractivity contribution in [2.24, 2.45) is 0 Å². The van der Waals surface area contributed by atoms with Gasteiger partial charge in [0.2, 0.25) is 0 Å². The molecule has 0 unspecified atom stereocenters. The largest absolute Gasteiger partial charge is 0.478 e. The third-order valence-electron chi connectivity index (χ3n) is 3.81. The Labute approximate surface area is 122 Å². The molecule has 1 N–H and O–H groups in total. The van der Waals surface area contributed by atoms with E-state index in [0.29, 0.717) is 12.2 Å². The minimum atomic E-state index is -0.940. The van der Waals surface area contributed by atoms with E-state index in [0.717, 1.165) is 30.8 Å². The van der Waals surface area contributed by atoms with Gasteiger partial charge in [-0.15, -0.1) is 0 Å². The molecule has 3 rings (SSSR count). The molecule has 0 saturated carbocycles. The molecule has 6 nitrogen and oxygen atoms in total. The van der Waals surface area contributed by atoms with Gasteiger partial charge in [0, 0.05) is 18.8 Å². The van der Waals surface area contributed by atoms with Crippen molar-refractivity contribution in [2.75, 3.05) is 6.54 Å². The van der Waals surface area contributed by atoms with Gasteiger partial charge in [0.1, 0.15) is 0 Å². The van der Waals surface area contributed by atoms with Gasteiger partial charge in [-0.1, -0.05) is 5.16 Å². The summed E-state index contributed by atoms with van der Waals surface area (Å²) in [6.07, 6.45) is 3.68. The van der Waals surface area contributed by atoms with E-state index in [1.807, 2.05) is 13.0 Å². The zero-order valence-electron chi connectivity index (χ0n) is 11.8. The highest BCUT2D eigenvalue weighted by Gasteiger charge is 2.30. The van der Waals surface area contributed by atoms with E-state index >= 15 is 0 Å². The minimum absolute atomic E-state index is 0.148. The fourth-order valence-electron chi connectivity index (χ4n) is 2.83. The number of hydrogen-bond donors (Lipinski definition) is 1. The molecule has 2 aromatic heterocycles. The first kappa shape index (κ1) is 13.8. The summed E-state index contributed by atoms with van der Waals surface area (Å²) in [6, 6.07) is 5.33. The molecule has 0 aromatic carbocycles. The van der Waals surface area contributed by atoms with E-state index in [9.17, 15) is 9.90 Å². The number of carboxylic acid groups (broad SMARTS) is 1. The SMILES string of the molecule is Cc1cc([C@H]2CCCN2Cc2ncccc2C(=O)O)on1. The molecule has 1 atom stereocenters. The lowest BCUT2D eigenvalue weighted by Gasteiger charge is -2.22. The topological polar surface area (TPSA) is 79.5 Å². The Kier molecular flexibility index (Phi) is 3.70. The summed E-state index contributed by atoms with van der Waals surface area (Å²) in [5.41, 5.74) is 1.71. The molecule has 1 aliphatic rings. The van der Waals surface area contributed by atoms with Gasteiger partial charge in [-0.25, -0.2) is 4.79 Å². The summed E-state index contributed by atoms with van der Waals surface area (Å²) >= 11 is 0. The Morgan fingerprint density at radius 1 is 1.57 bits per heavy atom. The Bertz CT molecular complexity index is 653. The van der Waals surface area contributed by atoms with E-state index in [2.05, 4.69) is 15.0 Å². The second kappa shape index (κ2) is 5.65. The molecule has 0 amide bonds. The van der Waals surface area contributed by atoms with E-state index < -0.39 is 5.97 Å². The van der Waals surface area contributed by atoms with Crippen LogP contribution in [0, 0.1) is 6.92 Å². The molecule has 2 aromatic rings. The van der Waals surface area contributed by atoms with Crippen LogP contribution in [0.5, 0.6) is 0 Å². The summed E-state index contributed by atoms with van der Waals surface area (Å²) < 4.78 is 5.37. The van der Waals surface area contributed by atoms with Crippen molar-refractivity contribution in [3.63, 3.8) is 0 Å². The third kappa shape index (κ3) is 2.80. The Morgan fingerprint density at radius 2 is 2.43 bits per heavy atom. The van der Waals surface area contributed by atoms with Crippen molar-refractivity contribution in [1.82, 2.24) is 15.0 Å². The van der Waals surface area contributed by atoms with Crippen molar-refractivity contribution < 1.29 is 14.4 Å². The summed E-state index contributed by atoms with van der Waals surface area (Å²) in [5.74, 6) is -0.0952. The number of pyridine rings is 1. The van der Waals surface area contributed by atoms with Gasteiger partial charge in [-0.2, -0.15) is 0 Å². The quantitative estimate of drug-likeness (QED) is 0.930. The van der Waals surface area contributed by atoms with Crippen LogP contribution >= 0.6 is 0 Å². The maximum absolute atomic E-state index is 11.3. The van der Waals surface area contributed by atoms with Gasteiger partial charge in [0.05, 0.1) is 23.0 Å². The normalized spacial score (nSPS) is 19.0. The molecule has 110 valence electrons. The first-order valence-corrected chi connectivity index (χ1v) is 6.99. The highest BCUT2D eigenvalue weighted by Crippen LogP contribution is 2.33. The van der Waals surface area contributed by atoms with Crippen LogP contribution in [0.1, 0.15) is 46.4 Å². The molecule has 1 saturated heterocycles. The maximum Gasteiger partial charge on any atom is 0.337 e. The van der Waals surface area contributed by atoms with Crippen molar-refractivity contribution in [1.29, 1.82) is 0 Å². The summed E-state index contributed by atoms with van der Waals surface area (Å²) in [6.45, 7) is 3.31. The first-order chi connectivity index (χ1) is 10.1. The predicted octanol–water partition coefficient (Wildman–Crippen LogP) is 2.41. The molecule has 0 aliphatic carbocycles. The second-order valence-corrected chi connectivity index (χ2v) is 5.30. The van der Waals surface area contributed by atoms with Gasteiger partial charge < -0.3 is 9.63 Å². The van der Waals surface area contributed by atoms with Gasteiger partial charge >= 0.3 is 5.97 Å². The number of carbonyl (C=O) groups is 1. The Hall–Kier alpha value is -2.21. The van der Waals surface area contributed by atoms with Crippen LogP contribution in [0.2, 0.25) is 0 Å². The van der Waals surface area contributed by atoms with Crippen molar-refractivity contribution in [3.8, 4) is 0 Å². The Balaban J connectivity index is 1.82. The molecular formula is C15H17N3O3. The van der Waals surface area contributed by atoms with Crippen LogP contribution in [-0.4, -0.2) is 32.7 Å². The molecule has 0 bridgehead atoms. The molecule has 6 heteroatoms. The number of aromatic nitrogens is 2. The number of rotatable bonds is 4. The van der Waals surface area contributed by atoms with Gasteiger partial charge in [-0.05, 0) is 38.4 Å². The molecular weight excluding hydrogens is 270 g/mol. The summed E-state index contributed by atoms with van der Waals surface area (Å²) in [7, 11) is 0. The van der Waals surface area contributed by atoms with Crippen LogP contribution < -0.4 is 0 Å². The minimum Gasteiger partial charge on any atom is -0.478 e. The highest BCUT2D eigenvalue weighted by molar-refractivity contribution is 5.88. The van der Waals surface area contributed by atoms with Crippen molar-refractivity contribution >= 4 is 5.97 Å². The number of likely N-dealkylation sites (tertiary alicyclic amines) is 1. The lowest BCUT2D eigenvalue weighted by atomic mass is 10.1. The number of hydrogen-bond acceptors (Lipinski definition) is 5. The van der Waals surface area contributed by atoms with Gasteiger partial charge in [-0.3, -0.25) is 9.88 Å². The zero-order chi connectivity index (χ0) is 14.8. The lowest BCUT2D eigenvalue weighted by Crippen LogP contribution is -2.24. The van der Waals surface area contributed by atoms with E-state index in [-0.39, 0.29) is 11.6 Å². The van der Waals surface area contributed by atoms with E-state index in [1.165, 1.54) is 0 Å². The number of aromatic carboxylic acids is 1. The van der Waals surface area contributed by atoms with Gasteiger partial charge in [0.15, 0.2) is 5.76 Å². The fourth-order valence-corrected chi connectivity index (χ4v) is 2.83. The van der Waals surface area contributed by atoms with Crippen LogP contribution in [-0.2, 0) is 6.54 Å². The molecule has 0 radical (unpaired) electrons. The van der Waals surface area contributed by atoms with Crippen LogP contribution in [0.25, 0.3) is 0 Å². The monoisotopic (exact) mass is 287 g/mol. The molecule has 21 heavy (non-hydrogen) atoms. The first-order valence-electron chi connectivity index (χ1n) is 6.99. The van der Waals surface area contributed by atoms with Crippen LogP contribution in [0.4, 0.5) is 0 Å². The standard InChI is InChI=1S/C15H17N3O3/c1-10-8-14(21-17-10)13-5-3-7-18(13)9-12-11(15(19)20)4-2-6-16-12/h2,4,6,8,13H,3,5,7,9H2,1H3,(H,19,20)/t13-/m1/s1. The predicted molar refractivity (Wildman–Crippen MR) is 74.8 cm³/mol. The smallest absolute Gasteiger partial charge is 0.337 e. The van der Waals surface area contributed by atoms with Crippen LogP contribution in [0.15, 0.2) is 28.9 Å². The van der Waals surface area contributed by atoms with E-state index in [4.69, 9.17) is 4.52 Å². The van der Waals surface area contributed by atoms with Crippen molar-refractivity contribution in [2.45, 2.75) is 32.4 Å². The highest BCUT2D eigenvalue weighted by atomic mass is 16.5. The van der Waals surface area contributed by atoms with Gasteiger partial charge in [0.25, 0.3) is 0 Å². The average Bonchev–Trinajstić information content (AvgIpc) is 3.08. The zero-order valence-corrected chi connectivity index (χ0v) is 11.8. The Morgan fingerprint density at radius 3 is 3.14 bits per heavy atom. The number of aryl methyl sites for hydroxylation is 1. The average molecular weight is 287 g/mol. The maximum atomic E-state index is 11.3. The summed E-state index contributed by atoms with van der Waals surface area (Å²) in [5, 5.41) is 13.2. The number of nitrogens with zero attached hydrogens (tertiary/aromatic N) is 3. The van der Waals surface area contributed by atoms with Crippen LogP contribution in [0.3, 0.4) is 0 Å². The number of carboxylic acids is 1. The van der Waals surface area contributed by atoms with E-state index in [1.54, 1.807) is 18.3 Å². The lowest BCUT2D eigenvalue weighted by molar-refractivity contribution is 0.0693. The molecule has 3 heterocycles. The molecule has 1 aliphatic heterocycles. The third-order valence-corrected chi connectivity index (χ3v) is 3.81. The fraction of sp³-hybridized carbons (Fsp3) is 0.400.